The fourth-order valence-electron chi connectivity index (χ4n) is 3.85. The number of carbonyl (C=O) groups is 2. The molecule has 0 unspecified atom stereocenters. The van der Waals surface area contributed by atoms with Crippen molar-refractivity contribution in [3.05, 3.63) is 64.8 Å². The van der Waals surface area contributed by atoms with Crippen LogP contribution >= 0.6 is 11.3 Å². The van der Waals surface area contributed by atoms with E-state index in [9.17, 15) is 18.0 Å². The van der Waals surface area contributed by atoms with Crippen molar-refractivity contribution in [1.29, 1.82) is 0 Å². The number of urea groups is 1. The van der Waals surface area contributed by atoms with E-state index in [0.29, 0.717) is 16.1 Å². The van der Waals surface area contributed by atoms with E-state index in [2.05, 4.69) is 20.6 Å². The maximum Gasteiger partial charge on any atom is 0.325 e. The Bertz CT molecular complexity index is 1270. The van der Waals surface area contributed by atoms with Crippen molar-refractivity contribution in [2.45, 2.75) is 43.4 Å². The second-order valence-corrected chi connectivity index (χ2v) is 11.1. The average molecular weight is 485 g/mol. The minimum absolute atomic E-state index is 0.00187. The second kappa shape index (κ2) is 9.80. The van der Waals surface area contributed by atoms with Gasteiger partial charge in [0.1, 0.15) is 0 Å². The molecule has 1 aliphatic carbocycles. The van der Waals surface area contributed by atoms with E-state index >= 15 is 0 Å². The Morgan fingerprint density at radius 3 is 2.61 bits per heavy atom. The quantitative estimate of drug-likeness (QED) is 0.464. The summed E-state index contributed by atoms with van der Waals surface area (Å²) in [7, 11) is -3.61. The van der Waals surface area contributed by atoms with Crippen LogP contribution in [0.25, 0.3) is 0 Å². The lowest BCUT2D eigenvalue weighted by Gasteiger charge is -2.14. The maximum atomic E-state index is 13.0. The van der Waals surface area contributed by atoms with Crippen LogP contribution in [0.1, 0.15) is 46.5 Å². The van der Waals surface area contributed by atoms with E-state index in [0.717, 1.165) is 42.6 Å². The van der Waals surface area contributed by atoms with Gasteiger partial charge in [-0.2, -0.15) is 0 Å². The Balaban J connectivity index is 1.43. The van der Waals surface area contributed by atoms with Crippen molar-refractivity contribution in [3.8, 4) is 0 Å². The number of benzene rings is 1. The highest BCUT2D eigenvalue weighted by atomic mass is 32.2. The number of Topliss-reactive ketones (excluding diaryl/α,β-unsaturated/α-hetero) is 1. The van der Waals surface area contributed by atoms with Crippen molar-refractivity contribution < 1.29 is 18.0 Å². The normalized spacial score (nSPS) is 14.2. The number of carbonyl (C=O) groups excluding carboxylic acids is 2. The number of hydrogen-bond acceptors (Lipinski definition) is 7. The Morgan fingerprint density at radius 2 is 1.88 bits per heavy atom. The summed E-state index contributed by atoms with van der Waals surface area (Å²) < 4.78 is 25.0. The van der Waals surface area contributed by atoms with Crippen LogP contribution in [0.2, 0.25) is 0 Å². The Morgan fingerprint density at radius 1 is 1.09 bits per heavy atom. The van der Waals surface area contributed by atoms with Gasteiger partial charge in [0.15, 0.2) is 15.9 Å². The number of aryl methyl sites for hydroxylation is 1. The van der Waals surface area contributed by atoms with E-state index in [1.165, 1.54) is 18.5 Å². The number of nitrogens with one attached hydrogen (secondary N) is 2. The van der Waals surface area contributed by atoms with E-state index in [1.807, 2.05) is 13.0 Å². The van der Waals surface area contributed by atoms with Gasteiger partial charge >= 0.3 is 6.03 Å². The summed E-state index contributed by atoms with van der Waals surface area (Å²) in [6.45, 7) is 1.91. The maximum absolute atomic E-state index is 13.0. The molecule has 0 radical (unpaired) electrons. The Labute approximate surface area is 196 Å². The Kier molecular flexibility index (Phi) is 6.85. The van der Waals surface area contributed by atoms with Crippen LogP contribution in [-0.2, 0) is 15.6 Å². The molecule has 1 aliphatic rings. The number of anilines is 2. The number of ketones is 1. The number of aromatic nitrogens is 2. The van der Waals surface area contributed by atoms with Gasteiger partial charge in [-0.1, -0.05) is 30.5 Å². The van der Waals surface area contributed by atoms with Crippen LogP contribution in [0.5, 0.6) is 0 Å². The molecule has 2 heterocycles. The van der Waals surface area contributed by atoms with E-state index < -0.39 is 15.9 Å². The van der Waals surface area contributed by atoms with E-state index in [-0.39, 0.29) is 27.6 Å². The van der Waals surface area contributed by atoms with Gasteiger partial charge in [-0.15, -0.1) is 11.3 Å². The molecule has 0 saturated heterocycles. The summed E-state index contributed by atoms with van der Waals surface area (Å²) in [5.41, 5.74) is 1.91. The summed E-state index contributed by atoms with van der Waals surface area (Å²) in [4.78, 5) is 34.0. The highest BCUT2D eigenvalue weighted by molar-refractivity contribution is 7.90. The fraction of sp³-hybridized carbons (Fsp3) is 0.304. The molecule has 0 atom stereocenters. The lowest BCUT2D eigenvalue weighted by molar-refractivity contribution is 0.0923. The Hall–Kier alpha value is -3.11. The molecular formula is C23H24N4O4S2. The van der Waals surface area contributed by atoms with Gasteiger partial charge in [-0.3, -0.25) is 10.1 Å². The first-order chi connectivity index (χ1) is 15.8. The van der Waals surface area contributed by atoms with Crippen LogP contribution in [0.3, 0.4) is 0 Å². The summed E-state index contributed by atoms with van der Waals surface area (Å²) >= 11 is 1.07. The molecular weight excluding hydrogens is 460 g/mol. The third kappa shape index (κ3) is 5.63. The molecule has 8 nitrogen and oxygen atoms in total. The van der Waals surface area contributed by atoms with Gasteiger partial charge in [0.05, 0.1) is 11.4 Å². The highest BCUT2D eigenvalue weighted by Gasteiger charge is 2.26. The molecule has 33 heavy (non-hydrogen) atoms. The molecule has 0 spiro atoms. The molecule has 2 N–H and O–H groups in total. The molecule has 172 valence electrons. The van der Waals surface area contributed by atoms with Crippen LogP contribution in [-0.4, -0.2) is 30.2 Å². The SMILES string of the molecule is Cc1ccc(NC(=O)Nc2ncc(CS(=O)(=O)c3ccccn3)s2)c(C(=O)C2CCCC2)c1. The number of pyridine rings is 1. The van der Waals surface area contributed by atoms with Crippen LogP contribution in [0, 0.1) is 12.8 Å². The van der Waals surface area contributed by atoms with Crippen LogP contribution in [0.15, 0.2) is 53.8 Å². The third-order valence-electron chi connectivity index (χ3n) is 5.48. The second-order valence-electron chi connectivity index (χ2n) is 8.03. The fourth-order valence-corrected chi connectivity index (χ4v) is 6.26. The summed E-state index contributed by atoms with van der Waals surface area (Å²) in [6.07, 6.45) is 6.70. The molecule has 3 aromatic rings. The standard InChI is InChI=1S/C23H24N4O4S2/c1-15-9-10-19(18(12-15)21(28)16-6-2-3-7-16)26-22(29)27-23-25-13-17(32-23)14-33(30,31)20-8-4-5-11-24-20/h4-5,8-13,16H,2-3,6-7,14H2,1H3,(H2,25,26,27,29). The van der Waals surface area contributed by atoms with Crippen molar-refractivity contribution in [2.24, 2.45) is 5.92 Å². The van der Waals surface area contributed by atoms with Gasteiger partial charge in [0, 0.05) is 28.8 Å². The first-order valence-electron chi connectivity index (χ1n) is 10.6. The van der Waals surface area contributed by atoms with Crippen molar-refractivity contribution in [1.82, 2.24) is 9.97 Å². The van der Waals surface area contributed by atoms with E-state index in [1.54, 1.807) is 24.3 Å². The number of hydrogen-bond donors (Lipinski definition) is 2. The zero-order chi connectivity index (χ0) is 23.4. The summed E-state index contributed by atoms with van der Waals surface area (Å²) in [6, 6.07) is 9.52. The third-order valence-corrected chi connectivity index (χ3v) is 8.14. The zero-order valence-electron chi connectivity index (χ0n) is 18.1. The number of nitrogens with zero attached hydrogens (tertiary/aromatic N) is 2. The van der Waals surface area contributed by atoms with Crippen molar-refractivity contribution in [3.63, 3.8) is 0 Å². The van der Waals surface area contributed by atoms with Gasteiger partial charge in [0.2, 0.25) is 9.84 Å². The van der Waals surface area contributed by atoms with Crippen LogP contribution < -0.4 is 10.6 Å². The summed E-state index contributed by atoms with van der Waals surface area (Å²) in [5.74, 6) is -0.205. The molecule has 1 aromatic carbocycles. The first-order valence-corrected chi connectivity index (χ1v) is 13.1. The predicted molar refractivity (Wildman–Crippen MR) is 127 cm³/mol. The molecule has 4 rings (SSSR count). The largest absolute Gasteiger partial charge is 0.325 e. The lowest BCUT2D eigenvalue weighted by atomic mass is 9.94. The molecule has 0 aliphatic heterocycles. The first kappa shape index (κ1) is 23.1. The molecule has 2 aromatic heterocycles. The topological polar surface area (TPSA) is 118 Å². The zero-order valence-corrected chi connectivity index (χ0v) is 19.7. The van der Waals surface area contributed by atoms with E-state index in [4.69, 9.17) is 0 Å². The van der Waals surface area contributed by atoms with Gasteiger partial charge < -0.3 is 5.32 Å². The predicted octanol–water partition coefficient (Wildman–Crippen LogP) is 4.84. The van der Waals surface area contributed by atoms with Gasteiger partial charge in [-0.05, 0) is 44.0 Å². The van der Waals surface area contributed by atoms with Gasteiger partial charge in [0.25, 0.3) is 0 Å². The average Bonchev–Trinajstić information content (AvgIpc) is 3.47. The smallest absolute Gasteiger partial charge is 0.307 e. The summed E-state index contributed by atoms with van der Waals surface area (Å²) in [5, 5.41) is 5.61. The lowest BCUT2D eigenvalue weighted by Crippen LogP contribution is -2.22. The molecule has 1 fully saturated rings. The number of amides is 2. The number of sulfone groups is 1. The van der Waals surface area contributed by atoms with Crippen molar-refractivity contribution in [2.75, 3.05) is 10.6 Å². The number of thiazole rings is 1. The minimum atomic E-state index is -3.61. The molecule has 0 bridgehead atoms. The number of rotatable bonds is 7. The van der Waals surface area contributed by atoms with Gasteiger partial charge in [-0.25, -0.2) is 23.2 Å². The van der Waals surface area contributed by atoms with Crippen molar-refractivity contribution >= 4 is 43.8 Å². The molecule has 2 amide bonds. The monoisotopic (exact) mass is 484 g/mol. The highest BCUT2D eigenvalue weighted by Crippen LogP contribution is 2.31. The minimum Gasteiger partial charge on any atom is -0.307 e. The van der Waals surface area contributed by atoms with Crippen LogP contribution in [0.4, 0.5) is 15.6 Å². The molecule has 10 heteroatoms. The molecule has 1 saturated carbocycles.